The summed E-state index contributed by atoms with van der Waals surface area (Å²) in [6.07, 6.45) is 4.68. The van der Waals surface area contributed by atoms with Gasteiger partial charge in [-0.15, -0.1) is 0 Å². The van der Waals surface area contributed by atoms with Crippen LogP contribution >= 0.6 is 0 Å². The summed E-state index contributed by atoms with van der Waals surface area (Å²) in [6, 6.07) is 15.9. The fraction of sp³-hybridized carbons (Fsp3) is 0.351. The highest BCUT2D eigenvalue weighted by atomic mass is 19.1. The molecule has 5 rings (SSSR count). The number of ether oxygens (including phenoxy) is 2. The number of aryl methyl sites for hydroxylation is 2. The zero-order valence-electron chi connectivity index (χ0n) is 27.9. The number of nitrogens with two attached hydrogens (primary N) is 1. The molecule has 2 unspecified atom stereocenters. The number of hydrogen-bond acceptors (Lipinski definition) is 6. The van der Waals surface area contributed by atoms with Gasteiger partial charge in [0, 0.05) is 59.2 Å². The minimum atomic E-state index is -0.771. The molecule has 0 aliphatic rings. The SMILES string of the molecule is CCc1c(Oc2ccc(F)c(-c3ncc(C(C)(CCCOC(C)(C)C(O)CN)c4cccc(C)c4)[nH]3)c2)c(F)cc2[nH]ccc12.O=CO. The maximum atomic E-state index is 15.3. The first-order chi connectivity index (χ1) is 22.9. The van der Waals surface area contributed by atoms with E-state index in [0.717, 1.165) is 27.8 Å². The number of carboxylic acid groups (broad SMARTS) is 1. The number of imidazole rings is 1. The van der Waals surface area contributed by atoms with Crippen LogP contribution in [0.25, 0.3) is 22.3 Å². The second-order valence-corrected chi connectivity index (χ2v) is 12.5. The zero-order chi connectivity index (χ0) is 35.1. The number of aromatic nitrogens is 3. The molecular weight excluding hydrogens is 618 g/mol. The van der Waals surface area contributed by atoms with E-state index < -0.39 is 28.8 Å². The number of fused-ring (bicyclic) bond motifs is 1. The lowest BCUT2D eigenvalue weighted by Gasteiger charge is -2.32. The minimum absolute atomic E-state index is 0.116. The van der Waals surface area contributed by atoms with E-state index in [2.05, 4.69) is 34.0 Å². The van der Waals surface area contributed by atoms with E-state index in [-0.39, 0.29) is 24.3 Å². The van der Waals surface area contributed by atoms with E-state index in [0.29, 0.717) is 43.0 Å². The highest BCUT2D eigenvalue weighted by Gasteiger charge is 2.33. The number of benzene rings is 3. The first-order valence-corrected chi connectivity index (χ1v) is 15.9. The van der Waals surface area contributed by atoms with Crippen LogP contribution in [0.3, 0.4) is 0 Å². The molecule has 11 heteroatoms. The van der Waals surface area contributed by atoms with E-state index >= 15 is 8.78 Å². The van der Waals surface area contributed by atoms with Crippen molar-refractivity contribution in [2.24, 2.45) is 5.73 Å². The van der Waals surface area contributed by atoms with Crippen LogP contribution in [0.2, 0.25) is 0 Å². The van der Waals surface area contributed by atoms with Gasteiger partial charge < -0.3 is 35.4 Å². The molecule has 48 heavy (non-hydrogen) atoms. The minimum Gasteiger partial charge on any atom is -0.483 e. The van der Waals surface area contributed by atoms with Gasteiger partial charge in [-0.3, -0.25) is 4.79 Å². The third kappa shape index (κ3) is 7.92. The van der Waals surface area contributed by atoms with Crippen molar-refractivity contribution in [3.05, 3.63) is 101 Å². The molecule has 2 heterocycles. The third-order valence-electron chi connectivity index (χ3n) is 8.78. The molecule has 0 bridgehead atoms. The second kappa shape index (κ2) is 15.5. The van der Waals surface area contributed by atoms with Gasteiger partial charge in [-0.05, 0) is 76.8 Å². The number of aromatic amines is 2. The van der Waals surface area contributed by atoms with E-state index in [1.54, 1.807) is 18.5 Å². The van der Waals surface area contributed by atoms with Crippen LogP contribution in [0.5, 0.6) is 11.5 Å². The quantitative estimate of drug-likeness (QED) is 0.0652. The lowest BCUT2D eigenvalue weighted by atomic mass is 9.75. The molecule has 2 atom stereocenters. The molecular formula is C37H44F2N4O5. The van der Waals surface area contributed by atoms with Crippen molar-refractivity contribution in [3.8, 4) is 22.9 Å². The van der Waals surface area contributed by atoms with Gasteiger partial charge in [0.05, 0.1) is 17.3 Å². The molecule has 256 valence electrons. The van der Waals surface area contributed by atoms with E-state index in [1.165, 1.54) is 18.2 Å². The van der Waals surface area contributed by atoms with Crippen molar-refractivity contribution in [3.63, 3.8) is 0 Å². The number of nitrogens with one attached hydrogen (secondary N) is 2. The molecule has 0 saturated heterocycles. The molecule has 0 radical (unpaired) electrons. The smallest absolute Gasteiger partial charge is 0.290 e. The van der Waals surface area contributed by atoms with Crippen molar-refractivity contribution in [2.45, 2.75) is 71.0 Å². The van der Waals surface area contributed by atoms with Crippen molar-refractivity contribution >= 4 is 17.4 Å². The number of halogens is 2. The lowest BCUT2D eigenvalue weighted by molar-refractivity contribution is -0.122. The normalized spacial score (nSPS) is 13.4. The maximum Gasteiger partial charge on any atom is 0.290 e. The van der Waals surface area contributed by atoms with Gasteiger partial charge in [0.25, 0.3) is 6.47 Å². The number of aliphatic hydroxyl groups excluding tert-OH is 1. The number of rotatable bonds is 13. The summed E-state index contributed by atoms with van der Waals surface area (Å²) in [5.41, 5.74) is 9.03. The second-order valence-electron chi connectivity index (χ2n) is 12.5. The van der Waals surface area contributed by atoms with Crippen LogP contribution in [0, 0.1) is 18.6 Å². The Kier molecular flexibility index (Phi) is 11.7. The predicted molar refractivity (Wildman–Crippen MR) is 182 cm³/mol. The average Bonchev–Trinajstić information content (AvgIpc) is 3.75. The summed E-state index contributed by atoms with van der Waals surface area (Å²) in [7, 11) is 0. The first kappa shape index (κ1) is 36.3. The van der Waals surface area contributed by atoms with Gasteiger partial charge in [0.1, 0.15) is 17.4 Å². The lowest BCUT2D eigenvalue weighted by Crippen LogP contribution is -2.44. The zero-order valence-corrected chi connectivity index (χ0v) is 27.9. The van der Waals surface area contributed by atoms with Crippen LogP contribution in [-0.2, 0) is 21.4 Å². The molecule has 0 saturated carbocycles. The maximum absolute atomic E-state index is 15.3. The highest BCUT2D eigenvalue weighted by molar-refractivity contribution is 5.85. The Morgan fingerprint density at radius 1 is 1.08 bits per heavy atom. The van der Waals surface area contributed by atoms with Gasteiger partial charge in [0.15, 0.2) is 11.6 Å². The molecule has 0 aliphatic carbocycles. The summed E-state index contributed by atoms with van der Waals surface area (Å²) in [5.74, 6) is -0.210. The van der Waals surface area contributed by atoms with Crippen molar-refractivity contribution < 1.29 is 33.3 Å². The number of carbonyl (C=O) groups is 1. The molecule has 0 fully saturated rings. The van der Waals surface area contributed by atoms with Crippen molar-refractivity contribution in [1.29, 1.82) is 0 Å². The Morgan fingerprint density at radius 2 is 1.83 bits per heavy atom. The highest BCUT2D eigenvalue weighted by Crippen LogP contribution is 2.39. The predicted octanol–water partition coefficient (Wildman–Crippen LogP) is 7.40. The Balaban J connectivity index is 0.00000167. The standard InChI is InChI=1S/C36H42F2N4O3.CH2O2/c1-6-25-26-13-15-40-30(26)19-29(38)33(25)45-24-11-12-28(37)27(18-24)34-41-21-31(42-34)36(5,23-10-7-9-22(2)17-23)14-8-16-44-35(3,4)32(43)20-39;2-1-3/h7,9-13,15,17-19,21,32,40,43H,6,8,14,16,20,39H2,1-5H3,(H,41,42);1H,(H,2,3). The molecule has 5 aromatic rings. The van der Waals surface area contributed by atoms with E-state index in [1.807, 2.05) is 45.9 Å². The Morgan fingerprint density at radius 3 is 2.52 bits per heavy atom. The van der Waals surface area contributed by atoms with Crippen molar-refractivity contribution in [2.75, 3.05) is 13.2 Å². The topological polar surface area (TPSA) is 146 Å². The number of H-pyrrole nitrogens is 2. The summed E-state index contributed by atoms with van der Waals surface area (Å²) in [4.78, 5) is 19.4. The van der Waals surface area contributed by atoms with Crippen LogP contribution in [0.1, 0.15) is 62.9 Å². The van der Waals surface area contributed by atoms with Crippen LogP contribution in [0.4, 0.5) is 8.78 Å². The van der Waals surface area contributed by atoms with Crippen LogP contribution in [-0.4, -0.2) is 56.5 Å². The molecule has 9 nitrogen and oxygen atoms in total. The summed E-state index contributed by atoms with van der Waals surface area (Å²) < 4.78 is 42.5. The van der Waals surface area contributed by atoms with Crippen molar-refractivity contribution in [1.82, 2.24) is 15.0 Å². The third-order valence-corrected chi connectivity index (χ3v) is 8.78. The number of nitrogens with zero attached hydrogens (tertiary/aromatic N) is 1. The van der Waals surface area contributed by atoms with E-state index in [4.69, 9.17) is 25.1 Å². The number of aliphatic hydroxyl groups is 1. The fourth-order valence-corrected chi connectivity index (χ4v) is 5.85. The van der Waals surface area contributed by atoms with Gasteiger partial charge in [-0.1, -0.05) is 36.8 Å². The summed E-state index contributed by atoms with van der Waals surface area (Å²) in [6.45, 7) is 10.1. The molecule has 2 aromatic heterocycles. The van der Waals surface area contributed by atoms with Gasteiger partial charge in [0.2, 0.25) is 0 Å². The Labute approximate surface area is 279 Å². The van der Waals surface area contributed by atoms with Crippen LogP contribution < -0.4 is 10.5 Å². The average molecular weight is 663 g/mol. The largest absolute Gasteiger partial charge is 0.483 e. The Bertz CT molecular complexity index is 1840. The Hall–Kier alpha value is -4.58. The fourth-order valence-electron chi connectivity index (χ4n) is 5.85. The van der Waals surface area contributed by atoms with Gasteiger partial charge in [-0.2, -0.15) is 0 Å². The molecule has 6 N–H and O–H groups in total. The first-order valence-electron chi connectivity index (χ1n) is 15.9. The molecule has 0 amide bonds. The number of hydrogen-bond donors (Lipinski definition) is 5. The summed E-state index contributed by atoms with van der Waals surface area (Å²) >= 11 is 0. The van der Waals surface area contributed by atoms with Crippen LogP contribution in [0.15, 0.2) is 67.0 Å². The van der Waals surface area contributed by atoms with Gasteiger partial charge >= 0.3 is 0 Å². The van der Waals surface area contributed by atoms with Gasteiger partial charge in [-0.25, -0.2) is 13.8 Å². The molecule has 0 aliphatic heterocycles. The molecule has 3 aromatic carbocycles. The van der Waals surface area contributed by atoms with E-state index in [9.17, 15) is 5.11 Å². The molecule has 0 spiro atoms. The summed E-state index contributed by atoms with van der Waals surface area (Å²) in [5, 5.41) is 18.0. The monoisotopic (exact) mass is 662 g/mol.